The van der Waals surface area contributed by atoms with Crippen LogP contribution >= 0.6 is 34.8 Å². The molecule has 0 spiro atoms. The first-order valence-corrected chi connectivity index (χ1v) is 13.5. The van der Waals surface area contributed by atoms with Crippen molar-refractivity contribution in [3.05, 3.63) is 63.1 Å². The van der Waals surface area contributed by atoms with Gasteiger partial charge in [-0.3, -0.25) is 13.9 Å². The van der Waals surface area contributed by atoms with Gasteiger partial charge in [0, 0.05) is 33.7 Å². The fourth-order valence-electron chi connectivity index (χ4n) is 3.11. The van der Waals surface area contributed by atoms with Crippen LogP contribution in [0.25, 0.3) is 0 Å². The fraction of sp³-hybridized carbons (Fsp3) is 0.391. The van der Waals surface area contributed by atoms with Gasteiger partial charge >= 0.3 is 0 Å². The van der Waals surface area contributed by atoms with Crippen molar-refractivity contribution < 1.29 is 18.0 Å². The third-order valence-corrected chi connectivity index (χ3v) is 7.14. The van der Waals surface area contributed by atoms with E-state index in [0.29, 0.717) is 27.2 Å². The van der Waals surface area contributed by atoms with Crippen molar-refractivity contribution in [3.8, 4) is 0 Å². The van der Waals surface area contributed by atoms with Gasteiger partial charge in [-0.2, -0.15) is 0 Å². The van der Waals surface area contributed by atoms with E-state index < -0.39 is 28.5 Å². The second kappa shape index (κ2) is 12.1. The molecule has 2 amide bonds. The Balaban J connectivity index is 2.41. The summed E-state index contributed by atoms with van der Waals surface area (Å²) in [6.45, 7) is 5.31. The first-order valence-electron chi connectivity index (χ1n) is 10.5. The van der Waals surface area contributed by atoms with E-state index in [4.69, 9.17) is 34.8 Å². The minimum absolute atomic E-state index is 0.0776. The Hall–Kier alpha value is -2.00. The lowest BCUT2D eigenvalue weighted by Gasteiger charge is -2.32. The summed E-state index contributed by atoms with van der Waals surface area (Å²) in [4.78, 5) is 27.6. The minimum atomic E-state index is -3.83. The molecule has 0 saturated carbocycles. The summed E-state index contributed by atoms with van der Waals surface area (Å²) >= 11 is 18.5. The summed E-state index contributed by atoms with van der Waals surface area (Å²) in [6, 6.07) is 10.1. The van der Waals surface area contributed by atoms with Crippen LogP contribution in [0.4, 0.5) is 5.69 Å². The molecule has 0 fully saturated rings. The molecule has 0 heterocycles. The van der Waals surface area contributed by atoms with Crippen LogP contribution in [0.3, 0.4) is 0 Å². The van der Waals surface area contributed by atoms with Gasteiger partial charge in [-0.15, -0.1) is 0 Å². The van der Waals surface area contributed by atoms with E-state index in [-0.39, 0.29) is 24.1 Å². The van der Waals surface area contributed by atoms with E-state index in [2.05, 4.69) is 5.32 Å². The maximum absolute atomic E-state index is 13.5. The molecular weight excluding hydrogens is 521 g/mol. The zero-order chi connectivity index (χ0) is 25.6. The van der Waals surface area contributed by atoms with Crippen LogP contribution in [0.1, 0.15) is 26.3 Å². The second-order valence-electron chi connectivity index (χ2n) is 8.28. The molecule has 7 nitrogen and oxygen atoms in total. The Morgan fingerprint density at radius 2 is 1.53 bits per heavy atom. The van der Waals surface area contributed by atoms with Crippen molar-refractivity contribution in [2.24, 2.45) is 5.92 Å². The number of amides is 2. The molecule has 11 heteroatoms. The number of hydrogen-bond acceptors (Lipinski definition) is 4. The van der Waals surface area contributed by atoms with Crippen LogP contribution < -0.4 is 9.62 Å². The molecule has 0 bridgehead atoms. The topological polar surface area (TPSA) is 86.8 Å². The highest BCUT2D eigenvalue weighted by Gasteiger charge is 2.31. The number of nitrogens with one attached hydrogen (secondary N) is 1. The highest BCUT2D eigenvalue weighted by molar-refractivity contribution is 7.92. The van der Waals surface area contributed by atoms with Gasteiger partial charge in [0.25, 0.3) is 0 Å². The number of carbonyl (C=O) groups is 2. The van der Waals surface area contributed by atoms with Crippen molar-refractivity contribution in [1.82, 2.24) is 10.2 Å². The Kier molecular flexibility index (Phi) is 10.1. The predicted molar refractivity (Wildman–Crippen MR) is 138 cm³/mol. The van der Waals surface area contributed by atoms with E-state index in [9.17, 15) is 18.0 Å². The maximum atomic E-state index is 13.5. The number of rotatable bonds is 10. The van der Waals surface area contributed by atoms with Gasteiger partial charge in [0.15, 0.2) is 0 Å². The summed E-state index contributed by atoms with van der Waals surface area (Å²) in [6.07, 6.45) is 1.00. The van der Waals surface area contributed by atoms with E-state index >= 15 is 0 Å². The molecule has 186 valence electrons. The lowest BCUT2D eigenvalue weighted by atomic mass is 10.1. The van der Waals surface area contributed by atoms with Gasteiger partial charge < -0.3 is 10.2 Å². The Labute approximate surface area is 216 Å². The van der Waals surface area contributed by atoms with Crippen molar-refractivity contribution in [1.29, 1.82) is 0 Å². The zero-order valence-electron chi connectivity index (χ0n) is 19.4. The van der Waals surface area contributed by atoms with Gasteiger partial charge in [-0.1, -0.05) is 54.7 Å². The number of sulfonamides is 1. The standard InChI is InChI=1S/C23H28Cl3N3O4S/c1-15(2)12-27-23(31)16(3)28(13-19-20(25)6-5-7-21(19)26)22(30)14-29(34(4,32)33)18-10-8-17(24)9-11-18/h5-11,15-16H,12-14H2,1-4H3,(H,27,31). The first kappa shape index (κ1) is 28.2. The first-order chi connectivity index (χ1) is 15.8. The van der Waals surface area contributed by atoms with Crippen LogP contribution in [0.15, 0.2) is 42.5 Å². The highest BCUT2D eigenvalue weighted by atomic mass is 35.5. The number of benzene rings is 2. The molecular formula is C23H28Cl3N3O4S. The Morgan fingerprint density at radius 3 is 2.03 bits per heavy atom. The van der Waals surface area contributed by atoms with Crippen molar-refractivity contribution in [3.63, 3.8) is 0 Å². The lowest BCUT2D eigenvalue weighted by molar-refractivity contribution is -0.139. The highest BCUT2D eigenvalue weighted by Crippen LogP contribution is 2.27. The SMILES string of the molecule is CC(C)CNC(=O)C(C)N(Cc1c(Cl)cccc1Cl)C(=O)CN(c1ccc(Cl)cc1)S(C)(=O)=O. The number of nitrogens with zero attached hydrogens (tertiary/aromatic N) is 2. The maximum Gasteiger partial charge on any atom is 0.244 e. The Morgan fingerprint density at radius 1 is 0.971 bits per heavy atom. The Bertz CT molecular complexity index is 1100. The van der Waals surface area contributed by atoms with Crippen LogP contribution in [0.5, 0.6) is 0 Å². The molecule has 0 aliphatic carbocycles. The summed E-state index contributed by atoms with van der Waals surface area (Å²) in [5.41, 5.74) is 0.730. The summed E-state index contributed by atoms with van der Waals surface area (Å²) in [5, 5.41) is 3.90. The number of hydrogen-bond donors (Lipinski definition) is 1. The second-order valence-corrected chi connectivity index (χ2v) is 11.4. The zero-order valence-corrected chi connectivity index (χ0v) is 22.5. The fourth-order valence-corrected chi connectivity index (χ4v) is 4.60. The minimum Gasteiger partial charge on any atom is -0.354 e. The van der Waals surface area contributed by atoms with Gasteiger partial charge in [-0.05, 0) is 49.2 Å². The predicted octanol–water partition coefficient (Wildman–Crippen LogP) is 4.60. The lowest BCUT2D eigenvalue weighted by Crippen LogP contribution is -2.51. The number of halogens is 3. The van der Waals surface area contributed by atoms with Crippen molar-refractivity contribution >= 4 is 62.3 Å². The van der Waals surface area contributed by atoms with E-state index in [1.54, 1.807) is 25.1 Å². The monoisotopic (exact) mass is 547 g/mol. The van der Waals surface area contributed by atoms with Gasteiger partial charge in [0.05, 0.1) is 11.9 Å². The largest absolute Gasteiger partial charge is 0.354 e. The average Bonchev–Trinajstić information content (AvgIpc) is 2.75. The van der Waals surface area contributed by atoms with Crippen molar-refractivity contribution in [2.75, 3.05) is 23.7 Å². The molecule has 1 N–H and O–H groups in total. The summed E-state index contributed by atoms with van der Waals surface area (Å²) < 4.78 is 26.0. The number of carbonyl (C=O) groups excluding carboxylic acids is 2. The molecule has 34 heavy (non-hydrogen) atoms. The summed E-state index contributed by atoms with van der Waals surface area (Å²) in [5.74, 6) is -0.755. The molecule has 2 rings (SSSR count). The molecule has 1 atom stereocenters. The smallest absolute Gasteiger partial charge is 0.244 e. The molecule has 0 aliphatic rings. The van der Waals surface area contributed by atoms with Crippen LogP contribution in [0, 0.1) is 5.92 Å². The van der Waals surface area contributed by atoms with E-state index in [0.717, 1.165) is 10.6 Å². The van der Waals surface area contributed by atoms with Crippen molar-refractivity contribution in [2.45, 2.75) is 33.4 Å². The van der Waals surface area contributed by atoms with Crippen LogP contribution in [-0.2, 0) is 26.2 Å². The molecule has 0 radical (unpaired) electrons. The van der Waals surface area contributed by atoms with E-state index in [1.807, 2.05) is 13.8 Å². The van der Waals surface area contributed by atoms with Gasteiger partial charge in [0.1, 0.15) is 12.6 Å². The molecule has 0 aliphatic heterocycles. The molecule has 0 saturated heterocycles. The average molecular weight is 549 g/mol. The van der Waals surface area contributed by atoms with Gasteiger partial charge in [-0.25, -0.2) is 8.42 Å². The van der Waals surface area contributed by atoms with Crippen LogP contribution in [-0.4, -0.2) is 50.5 Å². The molecule has 2 aromatic rings. The normalized spacial score (nSPS) is 12.4. The third kappa shape index (κ3) is 7.77. The summed E-state index contributed by atoms with van der Waals surface area (Å²) in [7, 11) is -3.83. The number of anilines is 1. The third-order valence-electron chi connectivity index (χ3n) is 5.04. The van der Waals surface area contributed by atoms with E-state index in [1.165, 1.54) is 29.2 Å². The van der Waals surface area contributed by atoms with Gasteiger partial charge in [0.2, 0.25) is 21.8 Å². The van der Waals surface area contributed by atoms with Crippen LogP contribution in [0.2, 0.25) is 15.1 Å². The quantitative estimate of drug-likeness (QED) is 0.470. The molecule has 0 aromatic heterocycles. The molecule has 2 aromatic carbocycles. The molecule has 1 unspecified atom stereocenters.